The van der Waals surface area contributed by atoms with E-state index in [1.165, 1.54) is 6.20 Å². The molecule has 0 saturated heterocycles. The first-order chi connectivity index (χ1) is 8.10. The smallest absolute Gasteiger partial charge is 0.271 e. The Morgan fingerprint density at radius 3 is 3.00 bits per heavy atom. The standard InChI is InChI=1S/C10H13BrN4O2/c1-2-7(9(12)15-17)14-10(16)8-6(11)4-3-5-13-8/h3-5,7,17H,2H2,1H3,(H2,12,15)(H,14,16). The number of amides is 1. The van der Waals surface area contributed by atoms with Gasteiger partial charge >= 0.3 is 0 Å². The molecule has 0 aliphatic heterocycles. The summed E-state index contributed by atoms with van der Waals surface area (Å²) in [5.41, 5.74) is 5.71. The van der Waals surface area contributed by atoms with Crippen molar-refractivity contribution in [2.75, 3.05) is 0 Å². The van der Waals surface area contributed by atoms with E-state index in [2.05, 4.69) is 31.4 Å². The Bertz CT molecular complexity index is 436. The Hall–Kier alpha value is -1.63. The molecule has 0 saturated carbocycles. The number of nitrogens with two attached hydrogens (primary N) is 1. The molecule has 1 atom stereocenters. The molecule has 17 heavy (non-hydrogen) atoms. The lowest BCUT2D eigenvalue weighted by Gasteiger charge is -2.15. The Morgan fingerprint density at radius 2 is 2.47 bits per heavy atom. The Morgan fingerprint density at radius 1 is 1.76 bits per heavy atom. The van der Waals surface area contributed by atoms with E-state index >= 15 is 0 Å². The topological polar surface area (TPSA) is 101 Å². The van der Waals surface area contributed by atoms with Crippen LogP contribution in [0, 0.1) is 0 Å². The summed E-state index contributed by atoms with van der Waals surface area (Å²) in [7, 11) is 0. The predicted molar refractivity (Wildman–Crippen MR) is 66.9 cm³/mol. The Balaban J connectivity index is 2.82. The molecule has 0 aliphatic rings. The third-order valence-electron chi connectivity index (χ3n) is 2.16. The first kappa shape index (κ1) is 13.4. The maximum atomic E-state index is 11.9. The number of rotatable bonds is 4. The van der Waals surface area contributed by atoms with Gasteiger partial charge in [0.1, 0.15) is 5.69 Å². The van der Waals surface area contributed by atoms with Crippen molar-refractivity contribution in [2.24, 2.45) is 10.9 Å². The zero-order valence-electron chi connectivity index (χ0n) is 9.22. The normalized spacial score (nSPS) is 13.2. The first-order valence-corrected chi connectivity index (χ1v) is 5.78. The molecule has 1 aromatic rings. The van der Waals surface area contributed by atoms with Gasteiger partial charge in [0.05, 0.1) is 6.04 Å². The highest BCUT2D eigenvalue weighted by atomic mass is 79.9. The van der Waals surface area contributed by atoms with Crippen LogP contribution in [0.2, 0.25) is 0 Å². The van der Waals surface area contributed by atoms with Gasteiger partial charge in [-0.2, -0.15) is 0 Å². The Labute approximate surface area is 107 Å². The number of carbonyl (C=O) groups excluding carboxylic acids is 1. The summed E-state index contributed by atoms with van der Waals surface area (Å²) >= 11 is 3.23. The summed E-state index contributed by atoms with van der Waals surface area (Å²) in [6.45, 7) is 1.82. The van der Waals surface area contributed by atoms with Crippen LogP contribution in [0.5, 0.6) is 0 Å². The van der Waals surface area contributed by atoms with Gasteiger partial charge in [-0.15, -0.1) is 0 Å². The van der Waals surface area contributed by atoms with Crippen LogP contribution in [0.25, 0.3) is 0 Å². The van der Waals surface area contributed by atoms with Gasteiger partial charge in [0, 0.05) is 10.7 Å². The molecule has 0 bridgehead atoms. The minimum absolute atomic E-state index is 0.0343. The van der Waals surface area contributed by atoms with Crippen LogP contribution in [0.4, 0.5) is 0 Å². The van der Waals surface area contributed by atoms with Gasteiger partial charge in [0.15, 0.2) is 5.84 Å². The lowest BCUT2D eigenvalue weighted by Crippen LogP contribution is -2.44. The predicted octanol–water partition coefficient (Wildman–Crippen LogP) is 1.10. The fraction of sp³-hybridized carbons (Fsp3) is 0.300. The number of carbonyl (C=O) groups is 1. The van der Waals surface area contributed by atoms with Crippen LogP contribution in [-0.4, -0.2) is 28.0 Å². The summed E-state index contributed by atoms with van der Waals surface area (Å²) in [6.07, 6.45) is 2.04. The van der Waals surface area contributed by atoms with E-state index in [4.69, 9.17) is 10.9 Å². The summed E-state index contributed by atoms with van der Waals surface area (Å²) in [4.78, 5) is 15.8. The van der Waals surface area contributed by atoms with Crippen molar-refractivity contribution < 1.29 is 10.0 Å². The molecule has 1 rings (SSSR count). The third kappa shape index (κ3) is 3.42. The van der Waals surface area contributed by atoms with Crippen LogP contribution < -0.4 is 11.1 Å². The first-order valence-electron chi connectivity index (χ1n) is 4.99. The highest BCUT2D eigenvalue weighted by molar-refractivity contribution is 9.10. The van der Waals surface area contributed by atoms with Crippen molar-refractivity contribution in [3.05, 3.63) is 28.5 Å². The largest absolute Gasteiger partial charge is 0.409 e. The van der Waals surface area contributed by atoms with Gasteiger partial charge in [0.2, 0.25) is 0 Å². The second-order valence-corrected chi connectivity index (χ2v) is 4.15. The fourth-order valence-electron chi connectivity index (χ4n) is 1.23. The molecule has 0 radical (unpaired) electrons. The van der Waals surface area contributed by atoms with Crippen molar-refractivity contribution in [3.8, 4) is 0 Å². The van der Waals surface area contributed by atoms with Crippen molar-refractivity contribution in [1.29, 1.82) is 0 Å². The number of amidine groups is 1. The molecule has 7 heteroatoms. The van der Waals surface area contributed by atoms with Gasteiger partial charge in [0.25, 0.3) is 5.91 Å². The molecule has 92 valence electrons. The summed E-state index contributed by atoms with van der Waals surface area (Å²) in [5.74, 6) is -0.413. The second kappa shape index (κ2) is 6.19. The minimum Gasteiger partial charge on any atom is -0.409 e. The lowest BCUT2D eigenvalue weighted by molar-refractivity contribution is 0.0939. The summed E-state index contributed by atoms with van der Waals surface area (Å²) < 4.78 is 0.590. The minimum atomic E-state index is -0.513. The van der Waals surface area contributed by atoms with E-state index in [-0.39, 0.29) is 17.4 Å². The summed E-state index contributed by atoms with van der Waals surface area (Å²) in [6, 6.07) is 2.91. The van der Waals surface area contributed by atoms with E-state index in [0.717, 1.165) is 0 Å². The maximum Gasteiger partial charge on any atom is 0.271 e. The average Bonchev–Trinajstić information content (AvgIpc) is 2.35. The van der Waals surface area contributed by atoms with Gasteiger partial charge in [-0.25, -0.2) is 4.98 Å². The number of nitrogens with one attached hydrogen (secondary N) is 1. The van der Waals surface area contributed by atoms with Crippen LogP contribution in [0.15, 0.2) is 28.0 Å². The number of hydrogen-bond donors (Lipinski definition) is 3. The molecular formula is C10H13BrN4O2. The van der Waals surface area contributed by atoms with E-state index in [1.54, 1.807) is 12.1 Å². The molecule has 1 amide bonds. The molecule has 6 nitrogen and oxygen atoms in total. The third-order valence-corrected chi connectivity index (χ3v) is 2.80. The molecule has 1 heterocycles. The average molecular weight is 301 g/mol. The van der Waals surface area contributed by atoms with Crippen LogP contribution in [0.1, 0.15) is 23.8 Å². The van der Waals surface area contributed by atoms with Gasteiger partial charge < -0.3 is 16.3 Å². The van der Waals surface area contributed by atoms with Crippen LogP contribution >= 0.6 is 15.9 Å². The molecule has 0 aromatic carbocycles. The molecule has 1 aromatic heterocycles. The van der Waals surface area contributed by atoms with Crippen molar-refractivity contribution in [1.82, 2.24) is 10.3 Å². The monoisotopic (exact) mass is 300 g/mol. The molecule has 0 spiro atoms. The number of oxime groups is 1. The SMILES string of the molecule is CCC(NC(=O)c1ncccc1Br)/C(N)=N/O. The number of nitrogens with zero attached hydrogens (tertiary/aromatic N) is 2. The quantitative estimate of drug-likeness (QED) is 0.335. The van der Waals surface area contributed by atoms with E-state index in [9.17, 15) is 4.79 Å². The second-order valence-electron chi connectivity index (χ2n) is 3.29. The molecule has 1 unspecified atom stereocenters. The fourth-order valence-corrected chi connectivity index (χ4v) is 1.67. The van der Waals surface area contributed by atoms with E-state index in [0.29, 0.717) is 10.9 Å². The molecule has 0 fully saturated rings. The number of halogens is 1. The van der Waals surface area contributed by atoms with Gasteiger partial charge in [-0.3, -0.25) is 4.79 Å². The highest BCUT2D eigenvalue weighted by Crippen LogP contribution is 2.13. The molecular weight excluding hydrogens is 288 g/mol. The Kier molecular flexibility index (Phi) is 4.89. The maximum absolute atomic E-state index is 11.9. The number of hydrogen-bond acceptors (Lipinski definition) is 4. The van der Waals surface area contributed by atoms with E-state index in [1.807, 2.05) is 6.92 Å². The van der Waals surface area contributed by atoms with Crippen LogP contribution in [0.3, 0.4) is 0 Å². The molecule has 0 aliphatic carbocycles. The van der Waals surface area contributed by atoms with Crippen LogP contribution in [-0.2, 0) is 0 Å². The number of aromatic nitrogens is 1. The number of pyridine rings is 1. The zero-order valence-corrected chi connectivity index (χ0v) is 10.8. The van der Waals surface area contributed by atoms with Gasteiger partial charge in [-0.1, -0.05) is 12.1 Å². The van der Waals surface area contributed by atoms with E-state index < -0.39 is 6.04 Å². The van der Waals surface area contributed by atoms with Gasteiger partial charge in [-0.05, 0) is 34.5 Å². The lowest BCUT2D eigenvalue weighted by atomic mass is 10.2. The van der Waals surface area contributed by atoms with Crippen molar-refractivity contribution >= 4 is 27.7 Å². The molecule has 4 N–H and O–H groups in total. The van der Waals surface area contributed by atoms with Crippen molar-refractivity contribution in [2.45, 2.75) is 19.4 Å². The zero-order chi connectivity index (χ0) is 12.8. The summed E-state index contributed by atoms with van der Waals surface area (Å²) in [5, 5.41) is 14.1. The van der Waals surface area contributed by atoms with Crippen molar-refractivity contribution in [3.63, 3.8) is 0 Å². The highest BCUT2D eigenvalue weighted by Gasteiger charge is 2.18.